The summed E-state index contributed by atoms with van der Waals surface area (Å²) in [5.41, 5.74) is 1.57. The topological polar surface area (TPSA) is 55.4 Å². The van der Waals surface area contributed by atoms with Crippen molar-refractivity contribution in [1.82, 2.24) is 5.32 Å². The summed E-state index contributed by atoms with van der Waals surface area (Å²) in [5, 5.41) is 3.39. The van der Waals surface area contributed by atoms with Crippen LogP contribution >= 0.6 is 11.6 Å². The van der Waals surface area contributed by atoms with Gasteiger partial charge in [0.1, 0.15) is 5.75 Å². The normalized spacial score (nSPS) is 10.2. The molecule has 0 aliphatic carbocycles. The van der Waals surface area contributed by atoms with Crippen molar-refractivity contribution >= 4 is 23.3 Å². The Hall–Kier alpha value is -2.33. The van der Waals surface area contributed by atoms with Gasteiger partial charge in [0.05, 0.1) is 0 Å². The van der Waals surface area contributed by atoms with Gasteiger partial charge in [-0.1, -0.05) is 30.7 Å². The Balaban J connectivity index is 1.79. The number of carbonyl (C=O) groups excluding carboxylic acids is 2. The van der Waals surface area contributed by atoms with Crippen LogP contribution in [0.2, 0.25) is 5.02 Å². The Morgan fingerprint density at radius 3 is 2.52 bits per heavy atom. The number of rotatable bonds is 7. The summed E-state index contributed by atoms with van der Waals surface area (Å²) in [6, 6.07) is 14.1. The standard InChI is InChI=1S/C18H18ClNO3/c1-2-17(21)14-6-8-16(9-7-14)23-12-18(22)20-11-13-4-3-5-15(19)10-13/h3-10H,2,11-12H2,1H3,(H,20,22). The van der Waals surface area contributed by atoms with Gasteiger partial charge in [0.2, 0.25) is 0 Å². The van der Waals surface area contributed by atoms with Gasteiger partial charge < -0.3 is 10.1 Å². The largest absolute Gasteiger partial charge is 0.484 e. The summed E-state index contributed by atoms with van der Waals surface area (Å²) in [4.78, 5) is 23.3. The molecule has 0 radical (unpaired) electrons. The zero-order valence-electron chi connectivity index (χ0n) is 12.8. The maximum absolute atomic E-state index is 11.8. The molecule has 0 saturated heterocycles. The van der Waals surface area contributed by atoms with Crippen LogP contribution in [-0.4, -0.2) is 18.3 Å². The minimum Gasteiger partial charge on any atom is -0.484 e. The number of ketones is 1. The first-order valence-electron chi connectivity index (χ1n) is 7.35. The molecule has 2 rings (SSSR count). The van der Waals surface area contributed by atoms with Crippen molar-refractivity contribution in [2.45, 2.75) is 19.9 Å². The second kappa shape index (κ2) is 8.34. The number of halogens is 1. The molecule has 0 aliphatic rings. The van der Waals surface area contributed by atoms with E-state index in [2.05, 4.69) is 5.32 Å². The lowest BCUT2D eigenvalue weighted by Crippen LogP contribution is -2.28. The van der Waals surface area contributed by atoms with E-state index >= 15 is 0 Å². The highest BCUT2D eigenvalue weighted by atomic mass is 35.5. The molecular formula is C18H18ClNO3. The van der Waals surface area contributed by atoms with Crippen LogP contribution in [0.25, 0.3) is 0 Å². The Morgan fingerprint density at radius 2 is 1.87 bits per heavy atom. The molecule has 0 unspecified atom stereocenters. The number of benzene rings is 2. The van der Waals surface area contributed by atoms with Crippen LogP contribution in [-0.2, 0) is 11.3 Å². The van der Waals surface area contributed by atoms with Gasteiger partial charge in [-0.15, -0.1) is 0 Å². The maximum atomic E-state index is 11.8. The lowest BCUT2D eigenvalue weighted by Gasteiger charge is -2.08. The van der Waals surface area contributed by atoms with Crippen molar-refractivity contribution in [1.29, 1.82) is 0 Å². The third-order valence-corrected chi connectivity index (χ3v) is 3.48. The summed E-state index contributed by atoms with van der Waals surface area (Å²) in [7, 11) is 0. The van der Waals surface area contributed by atoms with Crippen LogP contribution in [0.3, 0.4) is 0 Å². The quantitative estimate of drug-likeness (QED) is 0.788. The Kier molecular flexibility index (Phi) is 6.18. The molecule has 0 spiro atoms. The van der Waals surface area contributed by atoms with E-state index in [-0.39, 0.29) is 18.3 Å². The van der Waals surface area contributed by atoms with Crippen LogP contribution in [0.15, 0.2) is 48.5 Å². The minimum absolute atomic E-state index is 0.0795. The molecule has 0 bridgehead atoms. The fraction of sp³-hybridized carbons (Fsp3) is 0.222. The van der Waals surface area contributed by atoms with Gasteiger partial charge in [0, 0.05) is 23.6 Å². The molecule has 0 aliphatic heterocycles. The molecule has 5 heteroatoms. The molecule has 0 aromatic heterocycles. The van der Waals surface area contributed by atoms with Gasteiger partial charge in [0.25, 0.3) is 5.91 Å². The van der Waals surface area contributed by atoms with E-state index in [0.29, 0.717) is 29.3 Å². The molecule has 4 nitrogen and oxygen atoms in total. The third kappa shape index (κ3) is 5.42. The van der Waals surface area contributed by atoms with Gasteiger partial charge >= 0.3 is 0 Å². The molecule has 0 fully saturated rings. The van der Waals surface area contributed by atoms with Crippen molar-refractivity contribution in [2.75, 3.05) is 6.61 Å². The number of nitrogens with one attached hydrogen (secondary N) is 1. The van der Waals surface area contributed by atoms with Gasteiger partial charge in [-0.3, -0.25) is 9.59 Å². The van der Waals surface area contributed by atoms with Gasteiger partial charge in [0.15, 0.2) is 12.4 Å². The van der Waals surface area contributed by atoms with E-state index in [4.69, 9.17) is 16.3 Å². The molecule has 120 valence electrons. The first-order chi connectivity index (χ1) is 11.1. The van der Waals surface area contributed by atoms with Gasteiger partial charge in [-0.25, -0.2) is 0 Å². The number of hydrogen-bond acceptors (Lipinski definition) is 3. The van der Waals surface area contributed by atoms with E-state index in [1.165, 1.54) is 0 Å². The number of carbonyl (C=O) groups is 2. The first kappa shape index (κ1) is 17.0. The summed E-state index contributed by atoms with van der Waals surface area (Å²) >= 11 is 5.89. The second-order valence-electron chi connectivity index (χ2n) is 5.00. The Bertz CT molecular complexity index is 683. The van der Waals surface area contributed by atoms with Crippen LogP contribution in [0, 0.1) is 0 Å². The van der Waals surface area contributed by atoms with Crippen molar-refractivity contribution in [3.63, 3.8) is 0 Å². The highest BCUT2D eigenvalue weighted by Crippen LogP contribution is 2.13. The predicted molar refractivity (Wildman–Crippen MR) is 89.9 cm³/mol. The predicted octanol–water partition coefficient (Wildman–Crippen LogP) is 3.63. The summed E-state index contributed by atoms with van der Waals surface area (Å²) < 4.78 is 5.40. The first-order valence-corrected chi connectivity index (χ1v) is 7.73. The zero-order chi connectivity index (χ0) is 16.7. The molecule has 0 atom stereocenters. The average molecular weight is 332 g/mol. The molecule has 1 N–H and O–H groups in total. The van der Waals surface area contributed by atoms with Crippen molar-refractivity contribution in [2.24, 2.45) is 0 Å². The summed E-state index contributed by atoms with van der Waals surface area (Å²) in [5.74, 6) is 0.407. The SMILES string of the molecule is CCC(=O)c1ccc(OCC(=O)NCc2cccc(Cl)c2)cc1. The van der Waals surface area contributed by atoms with E-state index in [1.54, 1.807) is 36.4 Å². The van der Waals surface area contributed by atoms with Crippen LogP contribution < -0.4 is 10.1 Å². The zero-order valence-corrected chi connectivity index (χ0v) is 13.6. The summed E-state index contributed by atoms with van der Waals surface area (Å²) in [6.45, 7) is 2.13. The van der Waals surface area contributed by atoms with Crippen molar-refractivity contribution in [3.05, 3.63) is 64.7 Å². The van der Waals surface area contributed by atoms with Crippen molar-refractivity contribution < 1.29 is 14.3 Å². The monoisotopic (exact) mass is 331 g/mol. The number of Topliss-reactive ketones (excluding diaryl/α,β-unsaturated/α-hetero) is 1. The third-order valence-electron chi connectivity index (χ3n) is 3.25. The Labute approximate surface area is 140 Å². The number of hydrogen-bond donors (Lipinski definition) is 1. The Morgan fingerprint density at radius 1 is 1.13 bits per heavy atom. The molecule has 0 heterocycles. The fourth-order valence-corrected chi connectivity index (χ4v) is 2.20. The second-order valence-corrected chi connectivity index (χ2v) is 5.43. The fourth-order valence-electron chi connectivity index (χ4n) is 1.99. The highest BCUT2D eigenvalue weighted by Gasteiger charge is 2.05. The van der Waals surface area contributed by atoms with E-state index < -0.39 is 0 Å². The average Bonchev–Trinajstić information content (AvgIpc) is 2.58. The van der Waals surface area contributed by atoms with Crippen LogP contribution in [0.5, 0.6) is 5.75 Å². The minimum atomic E-state index is -0.223. The molecule has 0 saturated carbocycles. The van der Waals surface area contributed by atoms with E-state index in [9.17, 15) is 9.59 Å². The summed E-state index contributed by atoms with van der Waals surface area (Å²) in [6.07, 6.45) is 0.464. The van der Waals surface area contributed by atoms with Crippen LogP contribution in [0.4, 0.5) is 0 Å². The molecule has 2 aromatic carbocycles. The molecule has 2 aromatic rings. The van der Waals surface area contributed by atoms with E-state index in [0.717, 1.165) is 5.56 Å². The lowest BCUT2D eigenvalue weighted by atomic mass is 10.1. The lowest BCUT2D eigenvalue weighted by molar-refractivity contribution is -0.123. The van der Waals surface area contributed by atoms with Gasteiger partial charge in [-0.2, -0.15) is 0 Å². The van der Waals surface area contributed by atoms with Crippen molar-refractivity contribution in [3.8, 4) is 5.75 Å². The van der Waals surface area contributed by atoms with Gasteiger partial charge in [-0.05, 0) is 42.0 Å². The number of ether oxygens (including phenoxy) is 1. The smallest absolute Gasteiger partial charge is 0.258 e. The highest BCUT2D eigenvalue weighted by molar-refractivity contribution is 6.30. The molecule has 1 amide bonds. The molecule has 23 heavy (non-hydrogen) atoms. The number of amides is 1. The molecular weight excluding hydrogens is 314 g/mol. The van der Waals surface area contributed by atoms with Crippen LogP contribution in [0.1, 0.15) is 29.3 Å². The van der Waals surface area contributed by atoms with E-state index in [1.807, 2.05) is 19.1 Å². The maximum Gasteiger partial charge on any atom is 0.258 e.